The number of rotatable bonds is 7. The molecule has 0 radical (unpaired) electrons. The zero-order valence-electron chi connectivity index (χ0n) is 17.2. The van der Waals surface area contributed by atoms with E-state index < -0.39 is 6.04 Å². The van der Waals surface area contributed by atoms with Gasteiger partial charge in [-0.15, -0.1) is 11.3 Å². The zero-order valence-corrected chi connectivity index (χ0v) is 18.0. The topological polar surface area (TPSA) is 87.3 Å². The number of hydrogen-bond acceptors (Lipinski definition) is 5. The fourth-order valence-corrected chi connectivity index (χ4v) is 4.53. The number of carbonyl (C=O) groups is 2. The normalized spacial score (nSPS) is 17.4. The molecule has 0 aliphatic carbocycles. The quantitative estimate of drug-likeness (QED) is 0.608. The Labute approximate surface area is 179 Å². The second-order valence-corrected chi connectivity index (χ2v) is 8.74. The van der Waals surface area contributed by atoms with Gasteiger partial charge in [-0.25, -0.2) is 4.98 Å². The van der Waals surface area contributed by atoms with Crippen molar-refractivity contribution in [1.29, 1.82) is 0 Å². The summed E-state index contributed by atoms with van der Waals surface area (Å²) >= 11 is 1.61. The largest absolute Gasteiger partial charge is 0.370 e. The van der Waals surface area contributed by atoms with Gasteiger partial charge in [-0.3, -0.25) is 9.59 Å². The first-order valence-electron chi connectivity index (χ1n) is 10.1. The molecule has 1 aliphatic heterocycles. The van der Waals surface area contributed by atoms with E-state index in [0.29, 0.717) is 26.1 Å². The standard InChI is InChI=1S/C22H26N4O3S/c1-14(27)24-21(9-16-10-23-20-6-4-3-5-19(16)20)22(28)26-8-7-18(11-26)29-12-17-13-30-15(2)25-17/h3-6,10,13,18,21,23H,7-9,11-12H2,1-2H3,(H,24,27)/t18-,21+/m1/s1. The van der Waals surface area contributed by atoms with E-state index in [1.54, 1.807) is 16.2 Å². The van der Waals surface area contributed by atoms with E-state index in [1.807, 2.05) is 42.8 Å². The lowest BCUT2D eigenvalue weighted by Crippen LogP contribution is -2.48. The summed E-state index contributed by atoms with van der Waals surface area (Å²) in [6, 6.07) is 7.37. The van der Waals surface area contributed by atoms with Crippen LogP contribution in [0.25, 0.3) is 10.9 Å². The van der Waals surface area contributed by atoms with E-state index in [1.165, 1.54) is 6.92 Å². The molecule has 4 rings (SSSR count). The van der Waals surface area contributed by atoms with Gasteiger partial charge >= 0.3 is 0 Å². The van der Waals surface area contributed by atoms with Crippen LogP contribution in [0.15, 0.2) is 35.8 Å². The summed E-state index contributed by atoms with van der Waals surface area (Å²) in [5, 5.41) is 6.93. The molecule has 8 heteroatoms. The molecule has 3 aromatic rings. The van der Waals surface area contributed by atoms with Crippen molar-refractivity contribution in [2.24, 2.45) is 0 Å². The van der Waals surface area contributed by atoms with Crippen molar-refractivity contribution in [3.8, 4) is 0 Å². The third kappa shape index (κ3) is 4.71. The molecule has 0 bridgehead atoms. The Morgan fingerprint density at radius 3 is 3.00 bits per heavy atom. The summed E-state index contributed by atoms with van der Waals surface area (Å²) in [7, 11) is 0. The Bertz CT molecular complexity index is 1040. The Morgan fingerprint density at radius 1 is 1.40 bits per heavy atom. The highest BCUT2D eigenvalue weighted by atomic mass is 32.1. The number of nitrogens with one attached hydrogen (secondary N) is 2. The molecular formula is C22H26N4O3S. The van der Waals surface area contributed by atoms with Crippen molar-refractivity contribution in [3.05, 3.63) is 52.1 Å². The lowest BCUT2D eigenvalue weighted by atomic mass is 10.0. The summed E-state index contributed by atoms with van der Waals surface area (Å²) in [5.74, 6) is -0.273. The van der Waals surface area contributed by atoms with Gasteiger partial charge in [0, 0.05) is 48.9 Å². The van der Waals surface area contributed by atoms with Crippen LogP contribution in [0.5, 0.6) is 0 Å². The Hall–Kier alpha value is -2.71. The van der Waals surface area contributed by atoms with E-state index in [4.69, 9.17) is 4.74 Å². The second-order valence-electron chi connectivity index (χ2n) is 7.68. The van der Waals surface area contributed by atoms with Gasteiger partial charge in [-0.1, -0.05) is 18.2 Å². The minimum absolute atomic E-state index is 0.0120. The van der Waals surface area contributed by atoms with Crippen molar-refractivity contribution in [1.82, 2.24) is 20.2 Å². The molecule has 2 N–H and O–H groups in total. The summed E-state index contributed by atoms with van der Waals surface area (Å²) in [6.45, 7) is 5.04. The molecule has 2 atom stereocenters. The number of benzene rings is 1. The number of carbonyl (C=O) groups excluding carboxylic acids is 2. The van der Waals surface area contributed by atoms with Crippen molar-refractivity contribution in [2.45, 2.75) is 45.4 Å². The number of aryl methyl sites for hydroxylation is 1. The van der Waals surface area contributed by atoms with Crippen LogP contribution in [0, 0.1) is 6.92 Å². The molecule has 1 aliphatic rings. The molecule has 1 aromatic carbocycles. The van der Waals surface area contributed by atoms with E-state index >= 15 is 0 Å². The Kier molecular flexibility index (Phi) is 6.15. The van der Waals surface area contributed by atoms with E-state index in [0.717, 1.165) is 33.6 Å². The highest BCUT2D eigenvalue weighted by Gasteiger charge is 2.32. The first-order valence-corrected chi connectivity index (χ1v) is 11.0. The van der Waals surface area contributed by atoms with Crippen LogP contribution >= 0.6 is 11.3 Å². The summed E-state index contributed by atoms with van der Waals surface area (Å²) in [4.78, 5) is 34.4. The number of fused-ring (bicyclic) bond motifs is 1. The van der Waals surface area contributed by atoms with Crippen LogP contribution in [0.4, 0.5) is 0 Å². The SMILES string of the molecule is CC(=O)N[C@@H](Cc1c[nH]c2ccccc12)C(=O)N1CC[C@@H](OCc2csc(C)n2)C1. The highest BCUT2D eigenvalue weighted by Crippen LogP contribution is 2.21. The van der Waals surface area contributed by atoms with Crippen LogP contribution in [-0.2, 0) is 27.4 Å². The summed E-state index contributed by atoms with van der Waals surface area (Å²) < 4.78 is 5.97. The molecule has 30 heavy (non-hydrogen) atoms. The predicted molar refractivity (Wildman–Crippen MR) is 116 cm³/mol. The lowest BCUT2D eigenvalue weighted by Gasteiger charge is -2.24. The van der Waals surface area contributed by atoms with Crippen LogP contribution in [-0.4, -0.2) is 51.9 Å². The maximum absolute atomic E-state index is 13.2. The van der Waals surface area contributed by atoms with Crippen molar-refractivity contribution in [2.75, 3.05) is 13.1 Å². The number of likely N-dealkylation sites (tertiary alicyclic amines) is 1. The van der Waals surface area contributed by atoms with Gasteiger partial charge in [0.1, 0.15) is 6.04 Å². The molecule has 158 valence electrons. The van der Waals surface area contributed by atoms with Gasteiger partial charge in [0.15, 0.2) is 0 Å². The number of nitrogens with zero attached hydrogens (tertiary/aromatic N) is 2. The van der Waals surface area contributed by atoms with Crippen LogP contribution in [0.3, 0.4) is 0 Å². The molecule has 1 saturated heterocycles. The highest BCUT2D eigenvalue weighted by molar-refractivity contribution is 7.09. The van der Waals surface area contributed by atoms with Gasteiger partial charge in [0.25, 0.3) is 0 Å². The zero-order chi connectivity index (χ0) is 21.1. The van der Waals surface area contributed by atoms with Gasteiger partial charge in [-0.2, -0.15) is 0 Å². The second kappa shape index (κ2) is 8.97. The minimum Gasteiger partial charge on any atom is -0.370 e. The summed E-state index contributed by atoms with van der Waals surface area (Å²) in [5.41, 5.74) is 2.97. The Morgan fingerprint density at radius 2 is 2.23 bits per heavy atom. The lowest BCUT2D eigenvalue weighted by molar-refractivity contribution is -0.135. The summed E-state index contributed by atoms with van der Waals surface area (Å²) in [6.07, 6.45) is 3.14. The van der Waals surface area contributed by atoms with Crippen LogP contribution < -0.4 is 5.32 Å². The Balaban J connectivity index is 1.40. The van der Waals surface area contributed by atoms with Crippen molar-refractivity contribution in [3.63, 3.8) is 0 Å². The van der Waals surface area contributed by atoms with E-state index in [-0.39, 0.29) is 17.9 Å². The molecule has 2 aromatic heterocycles. The molecular weight excluding hydrogens is 400 g/mol. The molecule has 0 spiro atoms. The maximum Gasteiger partial charge on any atom is 0.245 e. The monoisotopic (exact) mass is 426 g/mol. The number of aromatic amines is 1. The fraction of sp³-hybridized carbons (Fsp3) is 0.409. The van der Waals surface area contributed by atoms with Crippen LogP contribution in [0.2, 0.25) is 0 Å². The maximum atomic E-state index is 13.2. The first kappa shape index (κ1) is 20.6. The van der Waals surface area contributed by atoms with Gasteiger partial charge in [0.05, 0.1) is 23.4 Å². The fourth-order valence-electron chi connectivity index (χ4n) is 3.93. The molecule has 2 amide bonds. The average molecular weight is 427 g/mol. The number of amides is 2. The number of aromatic nitrogens is 2. The number of para-hydroxylation sites is 1. The van der Waals surface area contributed by atoms with Gasteiger partial charge in [-0.05, 0) is 25.0 Å². The number of ether oxygens (including phenoxy) is 1. The van der Waals surface area contributed by atoms with E-state index in [9.17, 15) is 9.59 Å². The smallest absolute Gasteiger partial charge is 0.245 e. The molecule has 0 saturated carbocycles. The number of H-pyrrole nitrogens is 1. The van der Waals surface area contributed by atoms with Gasteiger partial charge < -0.3 is 19.9 Å². The number of thiazole rings is 1. The van der Waals surface area contributed by atoms with Crippen molar-refractivity contribution >= 4 is 34.1 Å². The predicted octanol–water partition coefficient (Wildman–Crippen LogP) is 2.80. The van der Waals surface area contributed by atoms with Crippen LogP contribution in [0.1, 0.15) is 29.6 Å². The first-order chi connectivity index (χ1) is 14.5. The van der Waals surface area contributed by atoms with Crippen molar-refractivity contribution < 1.29 is 14.3 Å². The molecule has 1 fully saturated rings. The average Bonchev–Trinajstić information content (AvgIpc) is 3.45. The molecule has 0 unspecified atom stereocenters. The molecule has 3 heterocycles. The number of hydrogen-bond donors (Lipinski definition) is 2. The molecule has 7 nitrogen and oxygen atoms in total. The van der Waals surface area contributed by atoms with E-state index in [2.05, 4.69) is 15.3 Å². The third-order valence-corrected chi connectivity index (χ3v) is 6.19. The third-order valence-electron chi connectivity index (χ3n) is 5.36. The minimum atomic E-state index is -0.596. The van der Waals surface area contributed by atoms with Gasteiger partial charge in [0.2, 0.25) is 11.8 Å².